The molecule has 0 spiro atoms. The van der Waals surface area contributed by atoms with E-state index in [1.165, 1.54) is 19.1 Å². The SMILES string of the molecule is CC1OC(OCC2OC(Oc3c(-c4cc(O)c(O)c(O)c4)oc4cc(O)ccc4c3=O)C(O)C(O)C2O)C(O)C(O)C1O. The fraction of sp³-hybridized carbons (Fsp3) is 0.444. The first-order chi connectivity index (χ1) is 20.3. The van der Waals surface area contributed by atoms with Crippen LogP contribution in [0.25, 0.3) is 22.3 Å². The lowest BCUT2D eigenvalue weighted by Gasteiger charge is -2.42. The van der Waals surface area contributed by atoms with Crippen molar-refractivity contribution < 1.29 is 74.4 Å². The number of hydrogen-bond donors (Lipinski definition) is 10. The lowest BCUT2D eigenvalue weighted by Crippen LogP contribution is -2.61. The van der Waals surface area contributed by atoms with E-state index in [1.54, 1.807) is 0 Å². The zero-order valence-corrected chi connectivity index (χ0v) is 22.3. The fourth-order valence-corrected chi connectivity index (χ4v) is 4.81. The summed E-state index contributed by atoms with van der Waals surface area (Å²) in [6.45, 7) is 0.827. The van der Waals surface area contributed by atoms with E-state index in [2.05, 4.69) is 0 Å². The van der Waals surface area contributed by atoms with Gasteiger partial charge in [0.05, 0.1) is 18.1 Å². The van der Waals surface area contributed by atoms with Crippen molar-refractivity contribution in [2.45, 2.75) is 68.3 Å². The van der Waals surface area contributed by atoms with E-state index < -0.39 is 102 Å². The molecular weight excluding hydrogens is 580 g/mol. The van der Waals surface area contributed by atoms with E-state index in [9.17, 15) is 55.9 Å². The lowest BCUT2D eigenvalue weighted by atomic mass is 9.98. The topological polar surface area (TPSA) is 269 Å². The molecule has 234 valence electrons. The molecular formula is C27H30O16. The van der Waals surface area contributed by atoms with Gasteiger partial charge in [0.2, 0.25) is 17.5 Å². The lowest BCUT2D eigenvalue weighted by molar-refractivity contribution is -0.318. The summed E-state index contributed by atoms with van der Waals surface area (Å²) in [4.78, 5) is 13.5. The smallest absolute Gasteiger partial charge is 0.235 e. The largest absolute Gasteiger partial charge is 0.508 e. The number of benzene rings is 2. The second-order valence-electron chi connectivity index (χ2n) is 10.3. The molecule has 0 radical (unpaired) electrons. The highest BCUT2D eigenvalue weighted by atomic mass is 16.7. The molecule has 0 aliphatic carbocycles. The third-order valence-corrected chi connectivity index (χ3v) is 7.30. The van der Waals surface area contributed by atoms with Gasteiger partial charge in [-0.2, -0.15) is 0 Å². The summed E-state index contributed by atoms with van der Waals surface area (Å²) in [5.41, 5.74) is -1.19. The minimum absolute atomic E-state index is 0.104. The van der Waals surface area contributed by atoms with Crippen molar-refractivity contribution in [2.24, 2.45) is 0 Å². The van der Waals surface area contributed by atoms with Crippen molar-refractivity contribution in [1.29, 1.82) is 0 Å². The van der Waals surface area contributed by atoms with Gasteiger partial charge in [-0.1, -0.05) is 0 Å². The molecule has 10 unspecified atom stereocenters. The molecule has 2 aliphatic rings. The summed E-state index contributed by atoms with van der Waals surface area (Å²) in [5.74, 6) is -3.79. The number of ether oxygens (including phenoxy) is 4. The van der Waals surface area contributed by atoms with E-state index in [1.807, 2.05) is 0 Å². The van der Waals surface area contributed by atoms with Gasteiger partial charge in [-0.3, -0.25) is 4.79 Å². The van der Waals surface area contributed by atoms with E-state index in [4.69, 9.17) is 23.4 Å². The van der Waals surface area contributed by atoms with Crippen LogP contribution in [0.3, 0.4) is 0 Å². The van der Waals surface area contributed by atoms with Crippen LogP contribution >= 0.6 is 0 Å². The number of hydrogen-bond acceptors (Lipinski definition) is 16. The monoisotopic (exact) mass is 610 g/mol. The van der Waals surface area contributed by atoms with Crippen LogP contribution in [-0.4, -0.2) is 119 Å². The van der Waals surface area contributed by atoms with Crippen LogP contribution in [0.2, 0.25) is 0 Å². The minimum atomic E-state index is -1.95. The van der Waals surface area contributed by atoms with Gasteiger partial charge in [-0.05, 0) is 31.2 Å². The van der Waals surface area contributed by atoms with Crippen molar-refractivity contribution >= 4 is 11.0 Å². The molecule has 2 aliphatic heterocycles. The number of aliphatic hydroxyl groups excluding tert-OH is 6. The summed E-state index contributed by atoms with van der Waals surface area (Å²) in [7, 11) is 0. The van der Waals surface area contributed by atoms with Crippen LogP contribution in [0.15, 0.2) is 39.5 Å². The molecule has 0 saturated carbocycles. The maximum atomic E-state index is 13.5. The Kier molecular flexibility index (Phi) is 8.41. The molecule has 3 aromatic rings. The van der Waals surface area contributed by atoms with Crippen molar-refractivity contribution in [1.82, 2.24) is 0 Å². The summed E-state index contributed by atoms with van der Waals surface area (Å²) < 4.78 is 27.9. The molecule has 0 bridgehead atoms. The zero-order valence-electron chi connectivity index (χ0n) is 22.3. The molecule has 2 aromatic carbocycles. The van der Waals surface area contributed by atoms with Crippen molar-refractivity contribution in [3.63, 3.8) is 0 Å². The van der Waals surface area contributed by atoms with Gasteiger partial charge < -0.3 is 74.4 Å². The number of aromatic hydroxyl groups is 4. The van der Waals surface area contributed by atoms with E-state index in [0.717, 1.165) is 18.2 Å². The molecule has 43 heavy (non-hydrogen) atoms. The second-order valence-corrected chi connectivity index (χ2v) is 10.3. The summed E-state index contributed by atoms with van der Waals surface area (Å²) in [5, 5.41) is 101. The molecule has 16 nitrogen and oxygen atoms in total. The average Bonchev–Trinajstić information content (AvgIpc) is 2.97. The van der Waals surface area contributed by atoms with Crippen molar-refractivity contribution in [3.8, 4) is 40.1 Å². The molecule has 3 heterocycles. The third kappa shape index (κ3) is 5.67. The Morgan fingerprint density at radius 1 is 0.767 bits per heavy atom. The highest BCUT2D eigenvalue weighted by Gasteiger charge is 2.47. The maximum Gasteiger partial charge on any atom is 0.235 e. The highest BCUT2D eigenvalue weighted by Crippen LogP contribution is 2.42. The van der Waals surface area contributed by atoms with Crippen molar-refractivity contribution in [2.75, 3.05) is 6.61 Å². The predicted molar refractivity (Wildman–Crippen MR) is 140 cm³/mol. The Hall–Kier alpha value is -3.71. The first-order valence-corrected chi connectivity index (χ1v) is 13.0. The summed E-state index contributed by atoms with van der Waals surface area (Å²) in [6, 6.07) is 5.39. The number of fused-ring (bicyclic) bond motifs is 1. The van der Waals surface area contributed by atoms with Gasteiger partial charge in [-0.15, -0.1) is 0 Å². The molecule has 2 saturated heterocycles. The first kappa shape index (κ1) is 30.7. The normalized spacial score (nSPS) is 33.0. The standard InChI is InChI=1S/C27H30O16/c1-8-16(31)20(35)22(37)26(40-8)39-7-15-19(34)21(36)23(38)27(42-15)43-25-17(32)11-3-2-10(28)6-14(11)41-24(25)9-4-12(29)18(33)13(30)5-9/h2-6,8,15-16,19-23,26-31,33-38H,7H2,1H3. The number of aliphatic hydroxyl groups is 6. The third-order valence-electron chi connectivity index (χ3n) is 7.30. The van der Waals surface area contributed by atoms with Gasteiger partial charge in [0.25, 0.3) is 0 Å². The van der Waals surface area contributed by atoms with Crippen LogP contribution in [0.1, 0.15) is 6.92 Å². The Morgan fingerprint density at radius 3 is 2.07 bits per heavy atom. The summed E-state index contributed by atoms with van der Waals surface area (Å²) >= 11 is 0. The zero-order chi connectivity index (χ0) is 31.3. The van der Waals surface area contributed by atoms with Gasteiger partial charge in [0.15, 0.2) is 29.3 Å². The van der Waals surface area contributed by atoms with Gasteiger partial charge >= 0.3 is 0 Å². The molecule has 2 fully saturated rings. The quantitative estimate of drug-likeness (QED) is 0.140. The van der Waals surface area contributed by atoms with Gasteiger partial charge in [0, 0.05) is 11.6 Å². The Bertz CT molecular complexity index is 1520. The van der Waals surface area contributed by atoms with Gasteiger partial charge in [0.1, 0.15) is 54.1 Å². The summed E-state index contributed by atoms with van der Waals surface area (Å²) in [6.07, 6.45) is -16.1. The van der Waals surface area contributed by atoms with E-state index in [-0.39, 0.29) is 22.3 Å². The maximum absolute atomic E-state index is 13.5. The highest BCUT2D eigenvalue weighted by molar-refractivity contribution is 5.83. The molecule has 10 atom stereocenters. The average molecular weight is 611 g/mol. The Morgan fingerprint density at radius 2 is 1.40 bits per heavy atom. The molecule has 5 rings (SSSR count). The predicted octanol–water partition coefficient (Wildman–Crippen LogP) is -1.69. The van der Waals surface area contributed by atoms with Crippen molar-refractivity contribution in [3.05, 3.63) is 40.6 Å². The number of phenolic OH excluding ortho intramolecular Hbond substituents is 4. The molecule has 16 heteroatoms. The fourth-order valence-electron chi connectivity index (χ4n) is 4.81. The molecule has 1 aromatic heterocycles. The van der Waals surface area contributed by atoms with Gasteiger partial charge in [-0.25, -0.2) is 0 Å². The van der Waals surface area contributed by atoms with Crippen LogP contribution in [-0.2, 0) is 14.2 Å². The second kappa shape index (κ2) is 11.8. The van der Waals surface area contributed by atoms with E-state index >= 15 is 0 Å². The molecule has 10 N–H and O–H groups in total. The number of phenols is 4. The first-order valence-electron chi connectivity index (χ1n) is 13.0. The Balaban J connectivity index is 1.47. The minimum Gasteiger partial charge on any atom is -0.508 e. The van der Waals surface area contributed by atoms with Crippen LogP contribution < -0.4 is 10.2 Å². The number of rotatable bonds is 6. The molecule has 0 amide bonds. The van der Waals surface area contributed by atoms with Crippen LogP contribution in [0.5, 0.6) is 28.7 Å². The van der Waals surface area contributed by atoms with E-state index in [0.29, 0.717) is 0 Å². The van der Waals surface area contributed by atoms with Crippen LogP contribution in [0.4, 0.5) is 0 Å². The van der Waals surface area contributed by atoms with Crippen LogP contribution in [0, 0.1) is 0 Å². The Labute approximate surface area is 241 Å².